The van der Waals surface area contributed by atoms with E-state index in [2.05, 4.69) is 36.2 Å². The van der Waals surface area contributed by atoms with E-state index in [0.29, 0.717) is 10.9 Å². The first-order valence-electron chi connectivity index (χ1n) is 5.99. The van der Waals surface area contributed by atoms with Gasteiger partial charge in [-0.15, -0.1) is 11.6 Å². The second-order valence-electron chi connectivity index (χ2n) is 4.46. The summed E-state index contributed by atoms with van der Waals surface area (Å²) in [6.45, 7) is 2.06. The van der Waals surface area contributed by atoms with E-state index in [1.807, 2.05) is 22.7 Å². The van der Waals surface area contributed by atoms with Crippen molar-refractivity contribution < 1.29 is 0 Å². The zero-order valence-corrected chi connectivity index (χ0v) is 11.9. The predicted octanol–water partition coefficient (Wildman–Crippen LogP) is 4.70. The SMILES string of the molecule is Cc1ccc(-c2nc3c(Cl)cccn3c2CCl)cc1. The molecule has 0 aliphatic heterocycles. The number of rotatable bonds is 2. The lowest BCUT2D eigenvalue weighted by atomic mass is 10.1. The maximum Gasteiger partial charge on any atom is 0.156 e. The fourth-order valence-corrected chi connectivity index (χ4v) is 2.62. The summed E-state index contributed by atoms with van der Waals surface area (Å²) in [5.74, 6) is 0.394. The Balaban J connectivity index is 2.29. The minimum Gasteiger partial charge on any atom is -0.301 e. The van der Waals surface area contributed by atoms with Crippen LogP contribution in [-0.2, 0) is 5.88 Å². The quantitative estimate of drug-likeness (QED) is 0.625. The van der Waals surface area contributed by atoms with Gasteiger partial charge in [0.05, 0.1) is 22.3 Å². The Morgan fingerprint density at radius 3 is 2.58 bits per heavy atom. The first-order valence-corrected chi connectivity index (χ1v) is 6.90. The van der Waals surface area contributed by atoms with Crippen LogP contribution >= 0.6 is 23.2 Å². The summed E-state index contributed by atoms with van der Waals surface area (Å²) < 4.78 is 1.95. The summed E-state index contributed by atoms with van der Waals surface area (Å²) in [4.78, 5) is 4.63. The van der Waals surface area contributed by atoms with Gasteiger partial charge in [-0.2, -0.15) is 0 Å². The topological polar surface area (TPSA) is 17.3 Å². The Kier molecular flexibility index (Phi) is 3.21. The highest BCUT2D eigenvalue weighted by Crippen LogP contribution is 2.28. The third kappa shape index (κ3) is 2.11. The standard InChI is InChI=1S/C15H12Cl2N2/c1-10-4-6-11(7-5-10)14-13(9-16)19-8-2-3-12(17)15(19)18-14/h2-8H,9H2,1H3. The van der Waals surface area contributed by atoms with Crippen LogP contribution in [0.4, 0.5) is 0 Å². The highest BCUT2D eigenvalue weighted by atomic mass is 35.5. The van der Waals surface area contributed by atoms with Crippen LogP contribution in [0.15, 0.2) is 42.6 Å². The second-order valence-corrected chi connectivity index (χ2v) is 5.13. The molecule has 0 aliphatic rings. The Labute approximate surface area is 121 Å². The molecule has 0 atom stereocenters. The zero-order chi connectivity index (χ0) is 13.4. The van der Waals surface area contributed by atoms with E-state index in [1.165, 1.54) is 5.56 Å². The summed E-state index contributed by atoms with van der Waals surface area (Å²) in [5.41, 5.74) is 4.88. The van der Waals surface area contributed by atoms with Crippen LogP contribution in [0.3, 0.4) is 0 Å². The smallest absolute Gasteiger partial charge is 0.156 e. The lowest BCUT2D eigenvalue weighted by molar-refractivity contribution is 1.09. The molecule has 19 heavy (non-hydrogen) atoms. The van der Waals surface area contributed by atoms with Crippen molar-refractivity contribution in [2.45, 2.75) is 12.8 Å². The van der Waals surface area contributed by atoms with Crippen molar-refractivity contribution in [2.75, 3.05) is 0 Å². The van der Waals surface area contributed by atoms with Gasteiger partial charge in [0.25, 0.3) is 0 Å². The van der Waals surface area contributed by atoms with Gasteiger partial charge in [0.15, 0.2) is 5.65 Å². The van der Waals surface area contributed by atoms with Crippen molar-refractivity contribution in [3.05, 3.63) is 58.9 Å². The summed E-state index contributed by atoms with van der Waals surface area (Å²) in [6.07, 6.45) is 1.93. The summed E-state index contributed by atoms with van der Waals surface area (Å²) >= 11 is 12.3. The van der Waals surface area contributed by atoms with Gasteiger partial charge >= 0.3 is 0 Å². The number of aryl methyl sites for hydroxylation is 1. The third-order valence-corrected chi connectivity index (χ3v) is 3.70. The van der Waals surface area contributed by atoms with Crippen molar-refractivity contribution in [1.29, 1.82) is 0 Å². The fourth-order valence-electron chi connectivity index (χ4n) is 2.15. The van der Waals surface area contributed by atoms with E-state index in [9.17, 15) is 0 Å². The monoisotopic (exact) mass is 290 g/mol. The van der Waals surface area contributed by atoms with Gasteiger partial charge < -0.3 is 4.40 Å². The largest absolute Gasteiger partial charge is 0.301 e. The molecule has 0 saturated carbocycles. The molecule has 0 amide bonds. The van der Waals surface area contributed by atoms with Crippen molar-refractivity contribution in [3.63, 3.8) is 0 Å². The van der Waals surface area contributed by atoms with E-state index in [0.717, 1.165) is 22.6 Å². The van der Waals surface area contributed by atoms with E-state index in [-0.39, 0.29) is 0 Å². The van der Waals surface area contributed by atoms with Crippen LogP contribution in [0, 0.1) is 6.92 Å². The molecule has 3 aromatic rings. The van der Waals surface area contributed by atoms with E-state index < -0.39 is 0 Å². The molecule has 3 rings (SSSR count). The fraction of sp³-hybridized carbons (Fsp3) is 0.133. The van der Waals surface area contributed by atoms with Crippen molar-refractivity contribution in [3.8, 4) is 11.3 Å². The Bertz CT molecular complexity index is 730. The number of halogens is 2. The van der Waals surface area contributed by atoms with E-state index in [1.54, 1.807) is 0 Å². The van der Waals surface area contributed by atoms with Crippen LogP contribution in [0.2, 0.25) is 5.02 Å². The molecule has 0 spiro atoms. The number of aromatic nitrogens is 2. The van der Waals surface area contributed by atoms with Crippen molar-refractivity contribution in [1.82, 2.24) is 9.38 Å². The highest BCUT2D eigenvalue weighted by molar-refractivity contribution is 6.33. The zero-order valence-electron chi connectivity index (χ0n) is 10.4. The first kappa shape index (κ1) is 12.5. The van der Waals surface area contributed by atoms with Crippen LogP contribution in [0.25, 0.3) is 16.9 Å². The molecule has 0 radical (unpaired) electrons. The van der Waals surface area contributed by atoms with Crippen molar-refractivity contribution >= 4 is 28.8 Å². The third-order valence-electron chi connectivity index (χ3n) is 3.15. The number of benzene rings is 1. The maximum atomic E-state index is 6.19. The average Bonchev–Trinajstić information content (AvgIpc) is 2.79. The number of pyridine rings is 1. The van der Waals surface area contributed by atoms with E-state index in [4.69, 9.17) is 23.2 Å². The molecule has 2 aromatic heterocycles. The maximum absolute atomic E-state index is 6.19. The van der Waals surface area contributed by atoms with Crippen LogP contribution < -0.4 is 0 Å². The van der Waals surface area contributed by atoms with Crippen LogP contribution in [-0.4, -0.2) is 9.38 Å². The summed E-state index contributed by atoms with van der Waals surface area (Å²) in [6, 6.07) is 12.0. The Hall–Kier alpha value is -1.51. The minimum atomic E-state index is 0.394. The molecular formula is C15H12Cl2N2. The number of nitrogens with zero attached hydrogens (tertiary/aromatic N) is 2. The first-order chi connectivity index (χ1) is 9.20. The Morgan fingerprint density at radius 2 is 1.89 bits per heavy atom. The van der Waals surface area contributed by atoms with Gasteiger partial charge in [0.2, 0.25) is 0 Å². The van der Waals surface area contributed by atoms with Gasteiger partial charge in [-0.25, -0.2) is 4.98 Å². The molecule has 0 saturated heterocycles. The number of hydrogen-bond acceptors (Lipinski definition) is 1. The molecule has 2 heterocycles. The molecule has 0 N–H and O–H groups in total. The molecule has 2 nitrogen and oxygen atoms in total. The molecule has 96 valence electrons. The number of fused-ring (bicyclic) bond motifs is 1. The molecular weight excluding hydrogens is 279 g/mol. The average molecular weight is 291 g/mol. The Morgan fingerprint density at radius 1 is 1.16 bits per heavy atom. The van der Waals surface area contributed by atoms with Gasteiger partial charge in [-0.1, -0.05) is 41.4 Å². The predicted molar refractivity (Wildman–Crippen MR) is 79.9 cm³/mol. The molecule has 0 fully saturated rings. The lowest BCUT2D eigenvalue weighted by Gasteiger charge is -2.02. The lowest BCUT2D eigenvalue weighted by Crippen LogP contribution is -1.91. The van der Waals surface area contributed by atoms with Gasteiger partial charge in [-0.3, -0.25) is 0 Å². The van der Waals surface area contributed by atoms with Gasteiger partial charge in [0.1, 0.15) is 0 Å². The van der Waals surface area contributed by atoms with Crippen LogP contribution in [0.1, 0.15) is 11.3 Å². The van der Waals surface area contributed by atoms with Crippen molar-refractivity contribution in [2.24, 2.45) is 0 Å². The normalized spacial score (nSPS) is 11.1. The molecule has 0 bridgehead atoms. The highest BCUT2D eigenvalue weighted by Gasteiger charge is 2.14. The number of alkyl halides is 1. The number of hydrogen-bond donors (Lipinski definition) is 0. The summed E-state index contributed by atoms with van der Waals surface area (Å²) in [7, 11) is 0. The van der Waals surface area contributed by atoms with E-state index >= 15 is 0 Å². The molecule has 0 unspecified atom stereocenters. The molecule has 1 aromatic carbocycles. The van der Waals surface area contributed by atoms with Gasteiger partial charge in [-0.05, 0) is 19.1 Å². The molecule has 0 aliphatic carbocycles. The van der Waals surface area contributed by atoms with Crippen LogP contribution in [0.5, 0.6) is 0 Å². The van der Waals surface area contributed by atoms with Gasteiger partial charge in [0, 0.05) is 11.8 Å². The number of imidazole rings is 1. The minimum absolute atomic E-state index is 0.394. The summed E-state index contributed by atoms with van der Waals surface area (Å²) in [5, 5.41) is 0.632. The molecule has 4 heteroatoms. The second kappa shape index (κ2) is 4.87.